The number of piperidine rings is 1. The van der Waals surface area contributed by atoms with E-state index in [-0.39, 0.29) is 12.5 Å². The van der Waals surface area contributed by atoms with E-state index in [4.69, 9.17) is 5.73 Å². The van der Waals surface area contributed by atoms with Crippen LogP contribution < -0.4 is 5.73 Å². The molecule has 2 fully saturated rings. The summed E-state index contributed by atoms with van der Waals surface area (Å²) in [6.07, 6.45) is 4.57. The molecule has 1 amide bonds. The third kappa shape index (κ3) is 3.37. The van der Waals surface area contributed by atoms with Gasteiger partial charge in [-0.25, -0.2) is 4.99 Å². The van der Waals surface area contributed by atoms with Gasteiger partial charge in [-0.1, -0.05) is 6.92 Å². The van der Waals surface area contributed by atoms with Gasteiger partial charge in [-0.05, 0) is 31.6 Å². The summed E-state index contributed by atoms with van der Waals surface area (Å²) >= 11 is 0. The van der Waals surface area contributed by atoms with Crippen LogP contribution in [0.15, 0.2) is 4.99 Å². The van der Waals surface area contributed by atoms with Crippen LogP contribution in [0.25, 0.3) is 0 Å². The van der Waals surface area contributed by atoms with E-state index in [1.807, 2.05) is 4.90 Å². The molecule has 2 aliphatic rings. The number of nitrogens with two attached hydrogens (primary N) is 1. The molecule has 0 atom stereocenters. The van der Waals surface area contributed by atoms with Crippen molar-refractivity contribution in [3.8, 4) is 0 Å². The van der Waals surface area contributed by atoms with E-state index in [1.165, 1.54) is 0 Å². The zero-order valence-corrected chi connectivity index (χ0v) is 11.3. The normalized spacial score (nSPS) is 22.6. The highest BCUT2D eigenvalue weighted by Crippen LogP contribution is 2.15. The van der Waals surface area contributed by atoms with Gasteiger partial charge in [0.05, 0.1) is 0 Å². The zero-order chi connectivity index (χ0) is 13.0. The minimum absolute atomic E-state index is 0.112. The summed E-state index contributed by atoms with van der Waals surface area (Å²) in [4.78, 5) is 20.1. The molecule has 5 heteroatoms. The molecule has 0 aromatic rings. The lowest BCUT2D eigenvalue weighted by atomic mass is 10.00. The fourth-order valence-corrected chi connectivity index (χ4v) is 2.55. The molecule has 0 unspecified atom stereocenters. The van der Waals surface area contributed by atoms with E-state index in [9.17, 15) is 4.79 Å². The maximum Gasteiger partial charge on any atom is 0.244 e. The lowest BCUT2D eigenvalue weighted by Gasteiger charge is -2.31. The number of likely N-dealkylation sites (tertiary alicyclic amines) is 2. The lowest BCUT2D eigenvalue weighted by molar-refractivity contribution is -0.128. The molecule has 5 nitrogen and oxygen atoms in total. The Morgan fingerprint density at radius 1 is 1.17 bits per heavy atom. The summed E-state index contributed by atoms with van der Waals surface area (Å²) in [6, 6.07) is 0. The summed E-state index contributed by atoms with van der Waals surface area (Å²) < 4.78 is 0. The molecular formula is C13H24N4O. The van der Waals surface area contributed by atoms with Crippen molar-refractivity contribution in [2.45, 2.75) is 32.6 Å². The molecule has 0 aliphatic carbocycles. The summed E-state index contributed by atoms with van der Waals surface area (Å²) in [5.41, 5.74) is 5.95. The standard InChI is InChI=1S/C13H24N4O/c1-11-4-8-17(9-5-11)13(14)15-10-12(18)16-6-2-3-7-16/h11H,2-10H2,1H3,(H2,14,15). The third-order valence-corrected chi connectivity index (χ3v) is 3.94. The van der Waals surface area contributed by atoms with Crippen LogP contribution in [0.3, 0.4) is 0 Å². The Hall–Kier alpha value is -1.26. The van der Waals surface area contributed by atoms with Crippen LogP contribution in [-0.4, -0.2) is 54.4 Å². The molecule has 0 aromatic carbocycles. The van der Waals surface area contributed by atoms with Crippen LogP contribution in [0.1, 0.15) is 32.6 Å². The summed E-state index contributed by atoms with van der Waals surface area (Å²) in [5.74, 6) is 1.43. The number of hydrogen-bond acceptors (Lipinski definition) is 2. The fourth-order valence-electron chi connectivity index (χ4n) is 2.55. The topological polar surface area (TPSA) is 61.9 Å². The summed E-state index contributed by atoms with van der Waals surface area (Å²) in [6.45, 7) is 6.17. The van der Waals surface area contributed by atoms with Crippen molar-refractivity contribution < 1.29 is 4.79 Å². The van der Waals surface area contributed by atoms with Gasteiger partial charge in [-0.2, -0.15) is 0 Å². The molecule has 0 saturated carbocycles. The quantitative estimate of drug-likeness (QED) is 0.580. The Kier molecular flexibility index (Phi) is 4.44. The molecule has 102 valence electrons. The van der Waals surface area contributed by atoms with Crippen molar-refractivity contribution in [1.82, 2.24) is 9.80 Å². The van der Waals surface area contributed by atoms with Crippen molar-refractivity contribution in [1.29, 1.82) is 0 Å². The maximum atomic E-state index is 11.8. The highest BCUT2D eigenvalue weighted by Gasteiger charge is 2.19. The predicted octanol–water partition coefficient (Wildman–Crippen LogP) is 0.655. The molecule has 2 rings (SSSR count). The number of aliphatic imine (C=N–C) groups is 1. The Morgan fingerprint density at radius 2 is 1.78 bits per heavy atom. The molecule has 2 saturated heterocycles. The highest BCUT2D eigenvalue weighted by molar-refractivity contribution is 5.84. The number of hydrogen-bond donors (Lipinski definition) is 1. The number of amides is 1. The number of nitrogens with zero attached hydrogens (tertiary/aromatic N) is 3. The van der Waals surface area contributed by atoms with E-state index >= 15 is 0 Å². The van der Waals surface area contributed by atoms with E-state index < -0.39 is 0 Å². The lowest BCUT2D eigenvalue weighted by Crippen LogP contribution is -2.43. The van der Waals surface area contributed by atoms with Gasteiger partial charge in [-0.3, -0.25) is 4.79 Å². The molecule has 0 spiro atoms. The molecular weight excluding hydrogens is 228 g/mol. The third-order valence-electron chi connectivity index (χ3n) is 3.94. The van der Waals surface area contributed by atoms with E-state index in [1.54, 1.807) is 0 Å². The minimum atomic E-state index is 0.112. The van der Waals surface area contributed by atoms with Crippen molar-refractivity contribution in [2.75, 3.05) is 32.7 Å². The van der Waals surface area contributed by atoms with Crippen molar-refractivity contribution in [2.24, 2.45) is 16.6 Å². The number of guanidine groups is 1. The average Bonchev–Trinajstić information content (AvgIpc) is 2.90. The number of rotatable bonds is 2. The number of carbonyl (C=O) groups is 1. The monoisotopic (exact) mass is 252 g/mol. The van der Waals surface area contributed by atoms with Crippen molar-refractivity contribution >= 4 is 11.9 Å². The molecule has 2 heterocycles. The van der Waals surface area contributed by atoms with Gasteiger partial charge in [0.15, 0.2) is 5.96 Å². The molecule has 2 aliphatic heterocycles. The first-order chi connectivity index (χ1) is 8.66. The van der Waals surface area contributed by atoms with Crippen LogP contribution in [0.4, 0.5) is 0 Å². The second-order valence-electron chi connectivity index (χ2n) is 5.43. The van der Waals surface area contributed by atoms with Gasteiger partial charge < -0.3 is 15.5 Å². The number of carbonyl (C=O) groups excluding carboxylic acids is 1. The Bertz CT molecular complexity index is 315. The molecule has 0 radical (unpaired) electrons. The Labute approximate surface area is 109 Å². The van der Waals surface area contributed by atoms with Crippen LogP contribution in [-0.2, 0) is 4.79 Å². The largest absolute Gasteiger partial charge is 0.370 e. The van der Waals surface area contributed by atoms with Crippen molar-refractivity contribution in [3.63, 3.8) is 0 Å². The van der Waals surface area contributed by atoms with E-state index in [0.717, 1.165) is 57.8 Å². The molecule has 0 aromatic heterocycles. The van der Waals surface area contributed by atoms with Gasteiger partial charge in [0.1, 0.15) is 6.54 Å². The SMILES string of the molecule is CC1CCN(C(N)=NCC(=O)N2CCCC2)CC1. The first kappa shape index (κ1) is 13.2. The Morgan fingerprint density at radius 3 is 2.39 bits per heavy atom. The summed E-state index contributed by atoms with van der Waals surface area (Å²) in [7, 11) is 0. The second-order valence-corrected chi connectivity index (χ2v) is 5.43. The van der Waals surface area contributed by atoms with Crippen LogP contribution in [0.2, 0.25) is 0 Å². The van der Waals surface area contributed by atoms with Gasteiger partial charge in [0, 0.05) is 26.2 Å². The predicted molar refractivity (Wildman–Crippen MR) is 72.3 cm³/mol. The molecule has 0 bridgehead atoms. The van der Waals surface area contributed by atoms with Gasteiger partial charge in [0.2, 0.25) is 5.91 Å². The molecule has 2 N–H and O–H groups in total. The van der Waals surface area contributed by atoms with Crippen LogP contribution in [0, 0.1) is 5.92 Å². The first-order valence-electron chi connectivity index (χ1n) is 6.99. The van der Waals surface area contributed by atoms with E-state index in [2.05, 4.69) is 16.8 Å². The first-order valence-corrected chi connectivity index (χ1v) is 6.99. The average molecular weight is 252 g/mol. The summed E-state index contributed by atoms with van der Waals surface area (Å²) in [5, 5.41) is 0. The van der Waals surface area contributed by atoms with Gasteiger partial charge in [0.25, 0.3) is 0 Å². The maximum absolute atomic E-state index is 11.8. The minimum Gasteiger partial charge on any atom is -0.370 e. The smallest absolute Gasteiger partial charge is 0.244 e. The highest BCUT2D eigenvalue weighted by atomic mass is 16.2. The van der Waals surface area contributed by atoms with Gasteiger partial charge >= 0.3 is 0 Å². The zero-order valence-electron chi connectivity index (χ0n) is 11.3. The van der Waals surface area contributed by atoms with E-state index in [0.29, 0.717) is 5.96 Å². The molecule has 18 heavy (non-hydrogen) atoms. The van der Waals surface area contributed by atoms with Crippen LogP contribution >= 0.6 is 0 Å². The van der Waals surface area contributed by atoms with Gasteiger partial charge in [-0.15, -0.1) is 0 Å². The Balaban J connectivity index is 1.79. The van der Waals surface area contributed by atoms with Crippen molar-refractivity contribution in [3.05, 3.63) is 0 Å². The second kappa shape index (κ2) is 6.07. The fraction of sp³-hybridized carbons (Fsp3) is 0.846. The van der Waals surface area contributed by atoms with Crippen LogP contribution in [0.5, 0.6) is 0 Å².